The number of aryl methyl sites for hydroxylation is 1. The van der Waals surface area contributed by atoms with Crippen molar-refractivity contribution >= 4 is 5.69 Å². The van der Waals surface area contributed by atoms with Crippen molar-refractivity contribution in [2.45, 2.75) is 13.0 Å². The van der Waals surface area contributed by atoms with Crippen LogP contribution in [0.3, 0.4) is 0 Å². The predicted octanol–water partition coefficient (Wildman–Crippen LogP) is 2.94. The maximum atomic E-state index is 5.67. The number of hydrogen-bond acceptors (Lipinski definition) is 4. The number of rotatable bonds is 3. The zero-order chi connectivity index (χ0) is 13.2. The molecule has 1 aromatic carbocycles. The number of fused-ring (bicyclic) bond motifs is 1. The Morgan fingerprint density at radius 2 is 2.21 bits per heavy atom. The minimum absolute atomic E-state index is 0.145. The van der Waals surface area contributed by atoms with Crippen molar-refractivity contribution in [2.24, 2.45) is 0 Å². The largest absolute Gasteiger partial charge is 0.493 e. The lowest BCUT2D eigenvalue weighted by Crippen LogP contribution is -2.13. The number of benzene rings is 1. The molecule has 1 aromatic heterocycles. The molecule has 0 aliphatic carbocycles. The third-order valence-corrected chi connectivity index (χ3v) is 3.25. The number of nitrogens with one attached hydrogen (secondary N) is 1. The molecule has 0 spiro atoms. The SMILES string of the molecule is COc1cnc(C)cc1NC1COc2ccccc21. The molecule has 3 rings (SSSR count). The molecular formula is C15H16N2O2. The molecule has 0 saturated carbocycles. The van der Waals surface area contributed by atoms with Crippen molar-refractivity contribution in [3.05, 3.63) is 47.8 Å². The first-order valence-corrected chi connectivity index (χ1v) is 6.27. The number of hydrogen-bond donors (Lipinski definition) is 1. The van der Waals surface area contributed by atoms with Crippen molar-refractivity contribution in [1.82, 2.24) is 4.98 Å². The Bertz CT molecular complexity index is 598. The summed E-state index contributed by atoms with van der Waals surface area (Å²) in [6.07, 6.45) is 1.74. The Morgan fingerprint density at radius 3 is 3.05 bits per heavy atom. The lowest BCUT2D eigenvalue weighted by molar-refractivity contribution is 0.339. The van der Waals surface area contributed by atoms with E-state index in [-0.39, 0.29) is 6.04 Å². The van der Waals surface area contributed by atoms with Crippen LogP contribution in [0.25, 0.3) is 0 Å². The fourth-order valence-corrected chi connectivity index (χ4v) is 2.29. The minimum atomic E-state index is 0.145. The highest BCUT2D eigenvalue weighted by Gasteiger charge is 2.24. The van der Waals surface area contributed by atoms with Crippen LogP contribution in [0.5, 0.6) is 11.5 Å². The van der Waals surface area contributed by atoms with E-state index in [1.54, 1.807) is 13.3 Å². The Hall–Kier alpha value is -2.23. The highest BCUT2D eigenvalue weighted by molar-refractivity contribution is 5.58. The monoisotopic (exact) mass is 256 g/mol. The molecule has 0 amide bonds. The van der Waals surface area contributed by atoms with Crippen LogP contribution in [0.2, 0.25) is 0 Å². The molecule has 1 aliphatic heterocycles. The molecule has 2 aromatic rings. The molecule has 0 radical (unpaired) electrons. The highest BCUT2D eigenvalue weighted by Crippen LogP contribution is 2.36. The molecule has 2 heterocycles. The van der Waals surface area contributed by atoms with Gasteiger partial charge in [-0.25, -0.2) is 0 Å². The van der Waals surface area contributed by atoms with Crippen LogP contribution in [0, 0.1) is 6.92 Å². The van der Waals surface area contributed by atoms with Gasteiger partial charge in [-0.1, -0.05) is 18.2 Å². The molecule has 0 saturated heterocycles. The van der Waals surface area contributed by atoms with E-state index in [9.17, 15) is 0 Å². The highest BCUT2D eigenvalue weighted by atomic mass is 16.5. The van der Waals surface area contributed by atoms with Gasteiger partial charge in [-0.2, -0.15) is 0 Å². The summed E-state index contributed by atoms with van der Waals surface area (Å²) in [5, 5.41) is 3.47. The smallest absolute Gasteiger partial charge is 0.160 e. The Labute approximate surface area is 112 Å². The van der Waals surface area contributed by atoms with E-state index in [1.165, 1.54) is 5.56 Å². The third kappa shape index (κ3) is 2.21. The summed E-state index contributed by atoms with van der Waals surface area (Å²) in [5.41, 5.74) is 3.08. The van der Waals surface area contributed by atoms with Crippen LogP contribution in [-0.4, -0.2) is 18.7 Å². The minimum Gasteiger partial charge on any atom is -0.493 e. The van der Waals surface area contributed by atoms with E-state index in [0.29, 0.717) is 6.61 Å². The number of para-hydroxylation sites is 1. The zero-order valence-electron chi connectivity index (χ0n) is 11.0. The average Bonchev–Trinajstić information content (AvgIpc) is 2.83. The summed E-state index contributed by atoms with van der Waals surface area (Å²) in [4.78, 5) is 4.23. The lowest BCUT2D eigenvalue weighted by atomic mass is 10.1. The van der Waals surface area contributed by atoms with Crippen LogP contribution in [0.15, 0.2) is 36.5 Å². The molecular weight excluding hydrogens is 240 g/mol. The number of aromatic nitrogens is 1. The second kappa shape index (κ2) is 4.80. The molecule has 1 atom stereocenters. The molecule has 1 N–H and O–H groups in total. The van der Waals surface area contributed by atoms with Gasteiger partial charge in [0, 0.05) is 11.3 Å². The molecule has 1 aliphatic rings. The molecule has 1 unspecified atom stereocenters. The van der Waals surface area contributed by atoms with E-state index >= 15 is 0 Å². The van der Waals surface area contributed by atoms with Crippen LogP contribution in [-0.2, 0) is 0 Å². The standard InChI is InChI=1S/C15H16N2O2/c1-10-7-12(15(18-2)8-16-10)17-13-9-19-14-6-4-3-5-11(13)14/h3-8,13H,9H2,1-2H3,(H,16,17). The Morgan fingerprint density at radius 1 is 1.37 bits per heavy atom. The molecule has 98 valence electrons. The predicted molar refractivity (Wildman–Crippen MR) is 73.8 cm³/mol. The normalized spacial score (nSPS) is 16.6. The average molecular weight is 256 g/mol. The van der Waals surface area contributed by atoms with Crippen LogP contribution in [0.4, 0.5) is 5.69 Å². The van der Waals surface area contributed by atoms with Crippen LogP contribution < -0.4 is 14.8 Å². The summed E-state index contributed by atoms with van der Waals surface area (Å²) < 4.78 is 11.0. The van der Waals surface area contributed by atoms with Gasteiger partial charge < -0.3 is 14.8 Å². The summed E-state index contributed by atoms with van der Waals surface area (Å²) in [7, 11) is 1.65. The van der Waals surface area contributed by atoms with Gasteiger partial charge in [-0.05, 0) is 19.1 Å². The van der Waals surface area contributed by atoms with Gasteiger partial charge in [0.15, 0.2) is 5.75 Å². The summed E-state index contributed by atoms with van der Waals surface area (Å²) in [5.74, 6) is 1.69. The number of pyridine rings is 1. The summed E-state index contributed by atoms with van der Waals surface area (Å²) >= 11 is 0. The van der Waals surface area contributed by atoms with Gasteiger partial charge in [0.1, 0.15) is 12.4 Å². The maximum absolute atomic E-state index is 5.67. The number of methoxy groups -OCH3 is 1. The molecule has 4 nitrogen and oxygen atoms in total. The second-order valence-electron chi connectivity index (χ2n) is 4.57. The number of nitrogens with zero attached hydrogens (tertiary/aromatic N) is 1. The molecule has 19 heavy (non-hydrogen) atoms. The number of anilines is 1. The van der Waals surface area contributed by atoms with Crippen molar-refractivity contribution < 1.29 is 9.47 Å². The first-order chi connectivity index (χ1) is 9.28. The maximum Gasteiger partial charge on any atom is 0.160 e. The fourth-order valence-electron chi connectivity index (χ4n) is 2.29. The zero-order valence-corrected chi connectivity index (χ0v) is 11.0. The topological polar surface area (TPSA) is 43.4 Å². The van der Waals surface area contributed by atoms with Gasteiger partial charge in [0.25, 0.3) is 0 Å². The van der Waals surface area contributed by atoms with Crippen molar-refractivity contribution in [3.63, 3.8) is 0 Å². The molecule has 0 bridgehead atoms. The summed E-state index contributed by atoms with van der Waals surface area (Å²) in [6.45, 7) is 2.59. The van der Waals surface area contributed by atoms with E-state index in [4.69, 9.17) is 9.47 Å². The van der Waals surface area contributed by atoms with E-state index < -0.39 is 0 Å². The van der Waals surface area contributed by atoms with Gasteiger partial charge in [0.2, 0.25) is 0 Å². The Balaban J connectivity index is 1.89. The van der Waals surface area contributed by atoms with Crippen molar-refractivity contribution in [3.8, 4) is 11.5 Å². The number of ether oxygens (including phenoxy) is 2. The fraction of sp³-hybridized carbons (Fsp3) is 0.267. The summed E-state index contributed by atoms with van der Waals surface area (Å²) in [6, 6.07) is 10.2. The van der Waals surface area contributed by atoms with E-state index in [0.717, 1.165) is 22.9 Å². The molecule has 4 heteroatoms. The lowest BCUT2D eigenvalue weighted by Gasteiger charge is -2.16. The van der Waals surface area contributed by atoms with E-state index in [2.05, 4.69) is 16.4 Å². The molecule has 0 fully saturated rings. The first-order valence-electron chi connectivity index (χ1n) is 6.27. The first kappa shape index (κ1) is 11.8. The van der Waals surface area contributed by atoms with Crippen molar-refractivity contribution in [2.75, 3.05) is 19.0 Å². The van der Waals surface area contributed by atoms with Crippen LogP contribution in [0.1, 0.15) is 17.3 Å². The third-order valence-electron chi connectivity index (χ3n) is 3.25. The van der Waals surface area contributed by atoms with Gasteiger partial charge in [-0.3, -0.25) is 4.98 Å². The second-order valence-corrected chi connectivity index (χ2v) is 4.57. The van der Waals surface area contributed by atoms with Gasteiger partial charge >= 0.3 is 0 Å². The van der Waals surface area contributed by atoms with Gasteiger partial charge in [0.05, 0.1) is 25.0 Å². The quantitative estimate of drug-likeness (QED) is 0.917. The van der Waals surface area contributed by atoms with Crippen molar-refractivity contribution in [1.29, 1.82) is 0 Å². The van der Waals surface area contributed by atoms with Gasteiger partial charge in [-0.15, -0.1) is 0 Å². The Kier molecular flexibility index (Phi) is 2.99. The van der Waals surface area contributed by atoms with Crippen LogP contribution >= 0.6 is 0 Å². The van der Waals surface area contributed by atoms with E-state index in [1.807, 2.05) is 31.2 Å².